The van der Waals surface area contributed by atoms with E-state index < -0.39 is 5.97 Å². The third-order valence-corrected chi connectivity index (χ3v) is 2.38. The zero-order chi connectivity index (χ0) is 12.9. The van der Waals surface area contributed by atoms with Gasteiger partial charge in [0, 0.05) is 20.2 Å². The van der Waals surface area contributed by atoms with Crippen LogP contribution in [-0.4, -0.2) is 51.9 Å². The number of rotatable bonds is 7. The van der Waals surface area contributed by atoms with Gasteiger partial charge in [-0.3, -0.25) is 4.68 Å². The molecule has 1 aromatic heterocycles. The van der Waals surface area contributed by atoms with E-state index in [0.29, 0.717) is 19.6 Å². The largest absolute Gasteiger partial charge is 0.476 e. The molecule has 0 aliphatic heterocycles. The Hall–Kier alpha value is -1.47. The average molecular weight is 242 g/mol. The lowest BCUT2D eigenvalue weighted by atomic mass is 10.1. The summed E-state index contributed by atoms with van der Waals surface area (Å²) < 4.78 is 6.75. The number of nitrogens with one attached hydrogen (secondary N) is 1. The molecule has 0 atom stereocenters. The quantitative estimate of drug-likeness (QED) is 0.654. The molecular weight excluding hydrogens is 224 g/mol. The molecule has 0 aliphatic carbocycles. The van der Waals surface area contributed by atoms with E-state index in [-0.39, 0.29) is 11.3 Å². The monoisotopic (exact) mass is 242 g/mol. The zero-order valence-electron chi connectivity index (χ0n) is 10.3. The van der Waals surface area contributed by atoms with Crippen molar-refractivity contribution in [1.82, 2.24) is 20.3 Å². The normalized spacial score (nSPS) is 11.7. The van der Waals surface area contributed by atoms with Gasteiger partial charge in [0.2, 0.25) is 0 Å². The van der Waals surface area contributed by atoms with Gasteiger partial charge in [0.05, 0.1) is 18.3 Å². The Morgan fingerprint density at radius 2 is 2.35 bits per heavy atom. The Kier molecular flexibility index (Phi) is 4.59. The third kappa shape index (κ3) is 4.49. The molecule has 0 spiro atoms. The van der Waals surface area contributed by atoms with Gasteiger partial charge in [-0.15, -0.1) is 5.10 Å². The van der Waals surface area contributed by atoms with Gasteiger partial charge in [-0.25, -0.2) is 4.79 Å². The second-order valence-corrected chi connectivity index (χ2v) is 4.31. The molecule has 1 aromatic rings. The van der Waals surface area contributed by atoms with Crippen molar-refractivity contribution in [2.24, 2.45) is 0 Å². The molecule has 7 heteroatoms. The first-order valence-electron chi connectivity index (χ1n) is 5.34. The van der Waals surface area contributed by atoms with Gasteiger partial charge in [-0.1, -0.05) is 5.21 Å². The van der Waals surface area contributed by atoms with E-state index in [4.69, 9.17) is 9.84 Å². The number of aromatic carboxylic acids is 1. The lowest BCUT2D eigenvalue weighted by Crippen LogP contribution is -2.38. The van der Waals surface area contributed by atoms with E-state index in [1.165, 1.54) is 10.9 Å². The first kappa shape index (κ1) is 13.6. The molecule has 0 amide bonds. The van der Waals surface area contributed by atoms with E-state index in [1.54, 1.807) is 7.11 Å². The molecule has 17 heavy (non-hydrogen) atoms. The van der Waals surface area contributed by atoms with Gasteiger partial charge >= 0.3 is 5.97 Å². The molecule has 0 fully saturated rings. The smallest absolute Gasteiger partial charge is 0.358 e. The van der Waals surface area contributed by atoms with Crippen LogP contribution >= 0.6 is 0 Å². The number of carbonyl (C=O) groups is 1. The molecular formula is C10H18N4O3. The molecule has 0 aromatic carbocycles. The van der Waals surface area contributed by atoms with Crippen molar-refractivity contribution < 1.29 is 14.6 Å². The maximum atomic E-state index is 10.6. The summed E-state index contributed by atoms with van der Waals surface area (Å²) in [6.07, 6.45) is 1.41. The lowest BCUT2D eigenvalue weighted by molar-refractivity contribution is 0.0232. The van der Waals surface area contributed by atoms with E-state index >= 15 is 0 Å². The van der Waals surface area contributed by atoms with Crippen molar-refractivity contribution in [3.8, 4) is 0 Å². The highest BCUT2D eigenvalue weighted by atomic mass is 16.5. The molecule has 0 saturated heterocycles. The molecule has 7 nitrogen and oxygen atoms in total. The van der Waals surface area contributed by atoms with E-state index in [1.807, 2.05) is 13.8 Å². The standard InChI is InChI=1S/C10H18N4O3/c1-10(2,17-3)7-11-4-5-14-6-8(9(15)16)12-13-14/h6,11H,4-5,7H2,1-3H3,(H,15,16). The van der Waals surface area contributed by atoms with Gasteiger partial charge < -0.3 is 15.2 Å². The fraction of sp³-hybridized carbons (Fsp3) is 0.700. The number of methoxy groups -OCH3 is 1. The van der Waals surface area contributed by atoms with Crippen LogP contribution in [0.4, 0.5) is 0 Å². The van der Waals surface area contributed by atoms with Crippen molar-refractivity contribution in [3.05, 3.63) is 11.9 Å². The molecule has 1 heterocycles. The highest BCUT2D eigenvalue weighted by Gasteiger charge is 2.15. The summed E-state index contributed by atoms with van der Waals surface area (Å²) in [7, 11) is 1.66. The van der Waals surface area contributed by atoms with Crippen LogP contribution in [-0.2, 0) is 11.3 Å². The summed E-state index contributed by atoms with van der Waals surface area (Å²) in [5.74, 6) is -1.07. The minimum absolute atomic E-state index is 0.0396. The third-order valence-electron chi connectivity index (χ3n) is 2.38. The second-order valence-electron chi connectivity index (χ2n) is 4.31. The predicted molar refractivity (Wildman–Crippen MR) is 60.9 cm³/mol. The Labute approximate surface area is 99.8 Å². The van der Waals surface area contributed by atoms with Gasteiger partial charge in [-0.2, -0.15) is 0 Å². The molecule has 0 bridgehead atoms. The van der Waals surface area contributed by atoms with Crippen LogP contribution in [0.5, 0.6) is 0 Å². The Balaban J connectivity index is 2.29. The molecule has 0 aliphatic rings. The second kappa shape index (κ2) is 5.74. The van der Waals surface area contributed by atoms with Crippen LogP contribution < -0.4 is 5.32 Å². The van der Waals surface area contributed by atoms with Crippen molar-refractivity contribution in [2.45, 2.75) is 26.0 Å². The summed E-state index contributed by atoms with van der Waals surface area (Å²) >= 11 is 0. The maximum Gasteiger partial charge on any atom is 0.358 e. The average Bonchev–Trinajstić information content (AvgIpc) is 2.73. The summed E-state index contributed by atoms with van der Waals surface area (Å²) in [5.41, 5.74) is -0.253. The number of aromatic nitrogens is 3. The SMILES string of the molecule is COC(C)(C)CNCCn1cc(C(=O)O)nn1. The van der Waals surface area contributed by atoms with E-state index in [2.05, 4.69) is 15.6 Å². The minimum Gasteiger partial charge on any atom is -0.476 e. The summed E-state index contributed by atoms with van der Waals surface area (Å²) in [6.45, 7) is 5.93. The van der Waals surface area contributed by atoms with Crippen LogP contribution in [0.25, 0.3) is 0 Å². The van der Waals surface area contributed by atoms with Crippen LogP contribution in [0.15, 0.2) is 6.20 Å². The van der Waals surface area contributed by atoms with Gasteiger partial charge in [0.1, 0.15) is 0 Å². The number of carboxylic acids is 1. The van der Waals surface area contributed by atoms with Crippen molar-refractivity contribution in [1.29, 1.82) is 0 Å². The van der Waals surface area contributed by atoms with Gasteiger partial charge in [0.25, 0.3) is 0 Å². The molecule has 96 valence electrons. The number of nitrogens with zero attached hydrogens (tertiary/aromatic N) is 3. The summed E-state index contributed by atoms with van der Waals surface area (Å²) in [5, 5.41) is 19.1. The Morgan fingerprint density at radius 1 is 1.65 bits per heavy atom. The van der Waals surface area contributed by atoms with Crippen LogP contribution in [0.3, 0.4) is 0 Å². The lowest BCUT2D eigenvalue weighted by Gasteiger charge is -2.23. The molecule has 0 radical (unpaired) electrons. The fourth-order valence-electron chi connectivity index (χ4n) is 1.16. The van der Waals surface area contributed by atoms with Crippen molar-refractivity contribution in [2.75, 3.05) is 20.2 Å². The van der Waals surface area contributed by atoms with E-state index in [9.17, 15) is 4.79 Å². The number of ether oxygens (including phenoxy) is 1. The summed E-state index contributed by atoms with van der Waals surface area (Å²) in [4.78, 5) is 10.6. The molecule has 1 rings (SSSR count). The van der Waals surface area contributed by atoms with E-state index in [0.717, 1.165) is 0 Å². The first-order valence-corrected chi connectivity index (χ1v) is 5.34. The summed E-state index contributed by atoms with van der Waals surface area (Å²) in [6, 6.07) is 0. The number of carboxylic acid groups (broad SMARTS) is 1. The zero-order valence-corrected chi connectivity index (χ0v) is 10.3. The number of hydrogen-bond donors (Lipinski definition) is 2. The molecule has 0 saturated carbocycles. The molecule has 0 unspecified atom stereocenters. The highest BCUT2D eigenvalue weighted by molar-refractivity contribution is 5.84. The maximum absolute atomic E-state index is 10.6. The van der Waals surface area contributed by atoms with Crippen LogP contribution in [0.1, 0.15) is 24.3 Å². The fourth-order valence-corrected chi connectivity index (χ4v) is 1.16. The van der Waals surface area contributed by atoms with Crippen LogP contribution in [0, 0.1) is 0 Å². The highest BCUT2D eigenvalue weighted by Crippen LogP contribution is 2.04. The Morgan fingerprint density at radius 3 is 2.88 bits per heavy atom. The topological polar surface area (TPSA) is 89.3 Å². The van der Waals surface area contributed by atoms with Gasteiger partial charge in [-0.05, 0) is 13.8 Å². The molecule has 2 N–H and O–H groups in total. The first-order chi connectivity index (χ1) is 7.94. The van der Waals surface area contributed by atoms with Crippen molar-refractivity contribution in [3.63, 3.8) is 0 Å². The predicted octanol–water partition coefficient (Wildman–Crippen LogP) is -0.00910. The number of hydrogen-bond acceptors (Lipinski definition) is 5. The van der Waals surface area contributed by atoms with Gasteiger partial charge in [0.15, 0.2) is 5.69 Å². The Bertz CT molecular complexity index is 375. The van der Waals surface area contributed by atoms with Crippen molar-refractivity contribution >= 4 is 5.97 Å². The van der Waals surface area contributed by atoms with Crippen LogP contribution in [0.2, 0.25) is 0 Å². The minimum atomic E-state index is -1.07.